The highest BCUT2D eigenvalue weighted by Crippen LogP contribution is 2.38. The Labute approximate surface area is 203 Å². The van der Waals surface area contributed by atoms with Crippen molar-refractivity contribution in [2.75, 3.05) is 13.2 Å². The quantitative estimate of drug-likeness (QED) is 0.341. The number of allylic oxidation sites excluding steroid dienone is 2. The minimum Gasteiger partial charge on any atom is -0.452 e. The summed E-state index contributed by atoms with van der Waals surface area (Å²) in [4.78, 5) is 31.6. The third-order valence-electron chi connectivity index (χ3n) is 6.49. The first-order valence-electron chi connectivity index (χ1n) is 12.0. The standard InChI is InChI=1S/C28H28N2O3S/c31-25(29-15-14-19-7-2-1-3-8-19)18-33-28(32)26-22-10-4-5-11-24(22)30-27-20(12-13-23(26)27)17-21-9-6-16-34-21/h4-7,9-11,16-17H,1-3,8,12-15,18H2,(H,29,31). The zero-order valence-corrected chi connectivity index (χ0v) is 20.0. The van der Waals surface area contributed by atoms with Gasteiger partial charge in [-0.25, -0.2) is 9.78 Å². The molecule has 0 saturated carbocycles. The van der Waals surface area contributed by atoms with Crippen molar-refractivity contribution < 1.29 is 14.3 Å². The van der Waals surface area contributed by atoms with Crippen LogP contribution >= 0.6 is 11.3 Å². The number of nitrogens with zero attached hydrogens (tertiary/aromatic N) is 1. The normalized spacial score (nSPS) is 16.4. The zero-order valence-electron chi connectivity index (χ0n) is 19.1. The summed E-state index contributed by atoms with van der Waals surface area (Å²) in [5.74, 6) is -0.726. The molecule has 2 aliphatic carbocycles. The van der Waals surface area contributed by atoms with Gasteiger partial charge in [-0.05, 0) is 79.7 Å². The summed E-state index contributed by atoms with van der Waals surface area (Å²) < 4.78 is 5.50. The van der Waals surface area contributed by atoms with Gasteiger partial charge in [-0.2, -0.15) is 0 Å². The van der Waals surface area contributed by atoms with Crippen molar-refractivity contribution in [3.63, 3.8) is 0 Å². The van der Waals surface area contributed by atoms with Crippen LogP contribution in [0.25, 0.3) is 22.6 Å². The second kappa shape index (κ2) is 10.3. The number of nitrogens with one attached hydrogen (secondary N) is 1. The van der Waals surface area contributed by atoms with Crippen LogP contribution in [0.3, 0.4) is 0 Å². The van der Waals surface area contributed by atoms with Crippen molar-refractivity contribution >= 4 is 45.8 Å². The SMILES string of the molecule is O=C(COC(=O)c1c2c(nc3ccccc13)C(=Cc1cccs1)CC2)NCCC1=CCCCC1. The van der Waals surface area contributed by atoms with Crippen LogP contribution in [-0.4, -0.2) is 30.0 Å². The van der Waals surface area contributed by atoms with Gasteiger partial charge >= 0.3 is 5.97 Å². The second-order valence-corrected chi connectivity index (χ2v) is 9.78. The lowest BCUT2D eigenvalue weighted by atomic mass is 9.97. The Morgan fingerprint density at radius 2 is 2.00 bits per heavy atom. The number of ether oxygens (including phenoxy) is 1. The summed E-state index contributed by atoms with van der Waals surface area (Å²) in [6.45, 7) is 0.299. The molecule has 5 rings (SSSR count). The average Bonchev–Trinajstić information content (AvgIpc) is 3.52. The summed E-state index contributed by atoms with van der Waals surface area (Å²) in [5.41, 5.74) is 5.62. The minimum atomic E-state index is -0.461. The zero-order chi connectivity index (χ0) is 23.3. The highest BCUT2D eigenvalue weighted by molar-refractivity contribution is 7.10. The largest absolute Gasteiger partial charge is 0.452 e. The first kappa shape index (κ1) is 22.5. The number of carbonyl (C=O) groups excluding carboxylic acids is 2. The van der Waals surface area contributed by atoms with Crippen LogP contribution in [0, 0.1) is 0 Å². The minimum absolute atomic E-state index is 0.266. The summed E-state index contributed by atoms with van der Waals surface area (Å²) in [5, 5.41) is 5.70. The molecule has 34 heavy (non-hydrogen) atoms. The van der Waals surface area contributed by atoms with Crippen LogP contribution in [0.4, 0.5) is 0 Å². The van der Waals surface area contributed by atoms with E-state index in [1.807, 2.05) is 30.3 Å². The first-order chi connectivity index (χ1) is 16.7. The van der Waals surface area contributed by atoms with Gasteiger partial charge in [-0.3, -0.25) is 4.79 Å². The number of para-hydroxylation sites is 1. The molecule has 2 aliphatic rings. The fourth-order valence-corrected chi connectivity index (χ4v) is 5.49. The van der Waals surface area contributed by atoms with Crippen molar-refractivity contribution in [2.24, 2.45) is 0 Å². The monoisotopic (exact) mass is 472 g/mol. The Bertz CT molecular complexity index is 1270. The highest BCUT2D eigenvalue weighted by atomic mass is 32.1. The third kappa shape index (κ3) is 4.97. The molecule has 0 aliphatic heterocycles. The van der Waals surface area contributed by atoms with Crippen LogP contribution in [-0.2, 0) is 16.0 Å². The molecule has 0 saturated heterocycles. The number of esters is 1. The summed E-state index contributed by atoms with van der Waals surface area (Å²) in [6, 6.07) is 11.7. The van der Waals surface area contributed by atoms with Crippen molar-refractivity contribution in [2.45, 2.75) is 44.9 Å². The lowest BCUT2D eigenvalue weighted by Gasteiger charge is -2.14. The maximum atomic E-state index is 13.2. The number of hydrogen-bond acceptors (Lipinski definition) is 5. The third-order valence-corrected chi connectivity index (χ3v) is 7.31. The van der Waals surface area contributed by atoms with Crippen LogP contribution in [0.1, 0.15) is 65.0 Å². The Morgan fingerprint density at radius 3 is 2.82 bits per heavy atom. The molecular formula is C28H28N2O3S. The number of aromatic nitrogens is 1. The van der Waals surface area contributed by atoms with Crippen molar-refractivity contribution in [3.8, 4) is 0 Å². The molecule has 5 nitrogen and oxygen atoms in total. The molecular weight excluding hydrogens is 444 g/mol. The molecule has 1 amide bonds. The van der Waals surface area contributed by atoms with Crippen LogP contribution in [0.5, 0.6) is 0 Å². The summed E-state index contributed by atoms with van der Waals surface area (Å²) >= 11 is 1.68. The van der Waals surface area contributed by atoms with Gasteiger partial charge in [0.15, 0.2) is 6.61 Å². The number of thiophene rings is 1. The number of hydrogen-bond donors (Lipinski definition) is 1. The highest BCUT2D eigenvalue weighted by Gasteiger charge is 2.28. The Hall–Kier alpha value is -3.25. The molecule has 0 radical (unpaired) electrons. The van der Waals surface area contributed by atoms with E-state index in [0.717, 1.165) is 59.8 Å². The Balaban J connectivity index is 1.31. The van der Waals surface area contributed by atoms with Gasteiger partial charge in [0.1, 0.15) is 0 Å². The van der Waals surface area contributed by atoms with E-state index in [1.54, 1.807) is 11.3 Å². The molecule has 0 fully saturated rings. The predicted octanol–water partition coefficient (Wildman–Crippen LogP) is 5.95. The molecule has 2 aromatic heterocycles. The van der Waals surface area contributed by atoms with Crippen LogP contribution in [0.2, 0.25) is 0 Å². The van der Waals surface area contributed by atoms with Gasteiger partial charge in [0, 0.05) is 16.8 Å². The number of fused-ring (bicyclic) bond motifs is 2. The summed E-state index contributed by atoms with van der Waals surface area (Å²) in [6.07, 6.45) is 11.6. The van der Waals surface area contributed by atoms with E-state index in [9.17, 15) is 9.59 Å². The number of benzene rings is 1. The van der Waals surface area contributed by atoms with Crippen molar-refractivity contribution in [1.29, 1.82) is 0 Å². The van der Waals surface area contributed by atoms with Gasteiger partial charge in [0.05, 0.1) is 16.8 Å². The van der Waals surface area contributed by atoms with E-state index in [1.165, 1.54) is 23.3 Å². The maximum absolute atomic E-state index is 13.2. The van der Waals surface area contributed by atoms with Gasteiger partial charge in [0.25, 0.3) is 5.91 Å². The van der Waals surface area contributed by atoms with Gasteiger partial charge in [-0.1, -0.05) is 35.9 Å². The van der Waals surface area contributed by atoms with Gasteiger partial charge in [-0.15, -0.1) is 11.3 Å². The molecule has 6 heteroatoms. The van der Waals surface area contributed by atoms with E-state index < -0.39 is 5.97 Å². The van der Waals surface area contributed by atoms with Crippen molar-refractivity contribution in [1.82, 2.24) is 10.3 Å². The van der Waals surface area contributed by atoms with Crippen LogP contribution < -0.4 is 5.32 Å². The smallest absolute Gasteiger partial charge is 0.339 e. The van der Waals surface area contributed by atoms with E-state index in [0.29, 0.717) is 12.1 Å². The molecule has 0 bridgehead atoms. The molecule has 0 atom stereocenters. The Kier molecular flexibility index (Phi) is 6.86. The topological polar surface area (TPSA) is 68.3 Å². The number of carbonyl (C=O) groups is 2. The molecule has 0 spiro atoms. The van der Waals surface area contributed by atoms with Crippen LogP contribution in [0.15, 0.2) is 53.4 Å². The molecule has 0 unspecified atom stereocenters. The average molecular weight is 473 g/mol. The Morgan fingerprint density at radius 1 is 1.09 bits per heavy atom. The maximum Gasteiger partial charge on any atom is 0.339 e. The van der Waals surface area contributed by atoms with Crippen molar-refractivity contribution in [3.05, 3.63) is 75.1 Å². The fourth-order valence-electron chi connectivity index (χ4n) is 4.81. The molecule has 2 heterocycles. The van der Waals surface area contributed by atoms with E-state index in [-0.39, 0.29) is 12.5 Å². The number of amides is 1. The molecule has 3 aromatic rings. The van der Waals surface area contributed by atoms with E-state index in [4.69, 9.17) is 9.72 Å². The fraction of sp³-hybridized carbons (Fsp3) is 0.321. The lowest BCUT2D eigenvalue weighted by Crippen LogP contribution is -2.30. The van der Waals surface area contributed by atoms with Gasteiger partial charge < -0.3 is 10.1 Å². The predicted molar refractivity (Wildman–Crippen MR) is 137 cm³/mol. The van der Waals surface area contributed by atoms with E-state index in [2.05, 4.69) is 28.9 Å². The number of pyridine rings is 1. The molecule has 174 valence electrons. The van der Waals surface area contributed by atoms with E-state index >= 15 is 0 Å². The number of rotatable bonds is 7. The molecule has 1 aromatic carbocycles. The second-order valence-electron chi connectivity index (χ2n) is 8.80. The molecule has 1 N–H and O–H groups in total. The van der Waals surface area contributed by atoms with Gasteiger partial charge in [0.2, 0.25) is 0 Å². The summed E-state index contributed by atoms with van der Waals surface area (Å²) in [7, 11) is 0. The lowest BCUT2D eigenvalue weighted by molar-refractivity contribution is -0.124. The first-order valence-corrected chi connectivity index (χ1v) is 12.8.